The lowest BCUT2D eigenvalue weighted by Gasteiger charge is -2.30. The van der Waals surface area contributed by atoms with Gasteiger partial charge < -0.3 is 15.1 Å². The Hall–Kier alpha value is -2.52. The van der Waals surface area contributed by atoms with Gasteiger partial charge in [0.15, 0.2) is 0 Å². The van der Waals surface area contributed by atoms with Gasteiger partial charge in [0.2, 0.25) is 0 Å². The summed E-state index contributed by atoms with van der Waals surface area (Å²) in [5.74, 6) is 0.419. The van der Waals surface area contributed by atoms with E-state index < -0.39 is 18.2 Å². The van der Waals surface area contributed by atoms with Crippen molar-refractivity contribution in [2.24, 2.45) is 11.1 Å². The Kier molecular flexibility index (Phi) is 6.34. The Balaban J connectivity index is 1.30. The molecule has 3 aliphatic rings. The van der Waals surface area contributed by atoms with E-state index in [1.54, 1.807) is 17.2 Å². The van der Waals surface area contributed by atoms with Gasteiger partial charge in [-0.15, -0.1) is 0 Å². The number of pyridine rings is 1. The van der Waals surface area contributed by atoms with Crippen molar-refractivity contribution in [3.63, 3.8) is 0 Å². The third-order valence-electron chi connectivity index (χ3n) is 6.93. The number of rotatable bonds is 4. The SMILES string of the molecule is O=C(NCC1CCCC1)c1cc2c(cn1)CN(C1=NOC(c3cc(Cl)cc(Cl)c3)(C(F)(F)F)C1)C2. The molecule has 1 atom stereocenters. The molecule has 1 aromatic heterocycles. The van der Waals surface area contributed by atoms with E-state index in [0.29, 0.717) is 31.2 Å². The first-order valence-corrected chi connectivity index (χ1v) is 12.2. The Labute approximate surface area is 210 Å². The number of carbonyl (C=O) groups is 1. The van der Waals surface area contributed by atoms with E-state index in [1.807, 2.05) is 0 Å². The van der Waals surface area contributed by atoms with Gasteiger partial charge in [0.1, 0.15) is 11.5 Å². The van der Waals surface area contributed by atoms with Gasteiger partial charge in [-0.25, -0.2) is 0 Å². The lowest BCUT2D eigenvalue weighted by molar-refractivity contribution is -0.275. The summed E-state index contributed by atoms with van der Waals surface area (Å²) in [6.45, 7) is 1.25. The quantitative estimate of drug-likeness (QED) is 0.545. The fourth-order valence-corrected chi connectivity index (χ4v) is 5.50. The monoisotopic (exact) mass is 526 g/mol. The molecule has 1 unspecified atom stereocenters. The molecule has 2 aromatic rings. The van der Waals surface area contributed by atoms with Crippen molar-refractivity contribution < 1.29 is 22.8 Å². The van der Waals surface area contributed by atoms with Gasteiger partial charge in [0.05, 0.1) is 6.42 Å². The number of benzene rings is 1. The van der Waals surface area contributed by atoms with Crippen LogP contribution in [-0.2, 0) is 23.5 Å². The van der Waals surface area contributed by atoms with E-state index in [2.05, 4.69) is 15.5 Å². The fraction of sp³-hybridized carbons (Fsp3) is 0.458. The summed E-state index contributed by atoms with van der Waals surface area (Å²) in [5.41, 5.74) is -0.943. The highest BCUT2D eigenvalue weighted by molar-refractivity contribution is 6.34. The summed E-state index contributed by atoms with van der Waals surface area (Å²) in [4.78, 5) is 23.6. The van der Waals surface area contributed by atoms with Crippen LogP contribution in [0, 0.1) is 5.92 Å². The summed E-state index contributed by atoms with van der Waals surface area (Å²) in [5, 5.41) is 6.92. The van der Waals surface area contributed by atoms with Crippen molar-refractivity contribution >= 4 is 34.9 Å². The minimum absolute atomic E-state index is 0.0755. The van der Waals surface area contributed by atoms with Crippen molar-refractivity contribution in [3.8, 4) is 0 Å². The second kappa shape index (κ2) is 9.17. The Bertz CT molecular complexity index is 1160. The minimum Gasteiger partial charge on any atom is -0.372 e. The highest BCUT2D eigenvalue weighted by Gasteiger charge is 2.63. The highest BCUT2D eigenvalue weighted by atomic mass is 35.5. The number of amidine groups is 1. The minimum atomic E-state index is -4.76. The van der Waals surface area contributed by atoms with Crippen LogP contribution in [0.3, 0.4) is 0 Å². The molecule has 0 saturated heterocycles. The second-order valence-electron chi connectivity index (χ2n) is 9.31. The molecule has 11 heteroatoms. The van der Waals surface area contributed by atoms with Crippen LogP contribution in [-0.4, -0.2) is 34.3 Å². The van der Waals surface area contributed by atoms with Crippen molar-refractivity contribution in [2.75, 3.05) is 6.54 Å². The number of halogens is 5. The molecule has 5 rings (SSSR count). The third-order valence-corrected chi connectivity index (χ3v) is 7.37. The fourth-order valence-electron chi connectivity index (χ4n) is 4.98. The summed E-state index contributed by atoms with van der Waals surface area (Å²) >= 11 is 11.9. The van der Waals surface area contributed by atoms with E-state index in [1.165, 1.54) is 31.0 Å². The van der Waals surface area contributed by atoms with Gasteiger partial charge in [0, 0.05) is 41.4 Å². The Morgan fingerprint density at radius 3 is 2.49 bits per heavy atom. The lowest BCUT2D eigenvalue weighted by atomic mass is 9.89. The van der Waals surface area contributed by atoms with Crippen LogP contribution < -0.4 is 5.32 Å². The van der Waals surface area contributed by atoms with Crippen LogP contribution in [0.15, 0.2) is 35.6 Å². The molecule has 1 N–H and O–H groups in total. The first-order valence-electron chi connectivity index (χ1n) is 11.4. The summed E-state index contributed by atoms with van der Waals surface area (Å²) in [6, 6.07) is 5.44. The molecule has 6 nitrogen and oxygen atoms in total. The van der Waals surface area contributed by atoms with Crippen LogP contribution in [0.5, 0.6) is 0 Å². The van der Waals surface area contributed by atoms with Crippen LogP contribution in [0.4, 0.5) is 13.2 Å². The molecule has 35 heavy (non-hydrogen) atoms. The molecule has 186 valence electrons. The molecular weight excluding hydrogens is 504 g/mol. The van der Waals surface area contributed by atoms with Crippen LogP contribution in [0.25, 0.3) is 0 Å². The van der Waals surface area contributed by atoms with E-state index in [0.717, 1.165) is 24.0 Å². The van der Waals surface area contributed by atoms with Crippen LogP contribution in [0.1, 0.15) is 59.3 Å². The van der Waals surface area contributed by atoms with Gasteiger partial charge in [-0.05, 0) is 54.2 Å². The third kappa shape index (κ3) is 4.68. The van der Waals surface area contributed by atoms with E-state index in [-0.39, 0.29) is 27.4 Å². The zero-order valence-corrected chi connectivity index (χ0v) is 20.2. The van der Waals surface area contributed by atoms with E-state index in [4.69, 9.17) is 28.0 Å². The first kappa shape index (κ1) is 24.2. The summed E-state index contributed by atoms with van der Waals surface area (Å²) < 4.78 is 42.8. The van der Waals surface area contributed by atoms with Crippen molar-refractivity contribution in [3.05, 3.63) is 62.9 Å². The number of nitrogens with zero attached hydrogens (tertiary/aromatic N) is 3. The number of nitrogens with one attached hydrogen (secondary N) is 1. The molecule has 1 fully saturated rings. The summed E-state index contributed by atoms with van der Waals surface area (Å²) in [6.07, 6.45) is 0.954. The molecule has 0 radical (unpaired) electrons. The molecule has 1 aliphatic carbocycles. The molecule has 1 saturated carbocycles. The molecular formula is C24H23Cl2F3N4O2. The average molecular weight is 527 g/mol. The van der Waals surface area contributed by atoms with Gasteiger partial charge >= 0.3 is 6.18 Å². The normalized spacial score (nSPS) is 22.2. The second-order valence-corrected chi connectivity index (χ2v) is 10.2. The van der Waals surface area contributed by atoms with Gasteiger partial charge in [-0.1, -0.05) is 41.2 Å². The molecule has 2 aliphatic heterocycles. The lowest BCUT2D eigenvalue weighted by Crippen LogP contribution is -2.43. The largest absolute Gasteiger partial charge is 0.435 e. The average Bonchev–Trinajstić information content (AvgIpc) is 3.55. The molecule has 1 aromatic carbocycles. The standard InChI is InChI=1S/C24H23Cl2F3N4O2/c25-18-6-17(7-19(26)8-18)23(24(27,28)29)9-21(32-35-23)33-12-15-5-20(30-11-16(15)13-33)22(34)31-10-14-3-1-2-4-14/h5-8,11,14H,1-4,9-10,12-13H2,(H,31,34). The smallest absolute Gasteiger partial charge is 0.372 e. The number of fused-ring (bicyclic) bond motifs is 1. The molecule has 3 heterocycles. The number of alkyl halides is 3. The van der Waals surface area contributed by atoms with Crippen LogP contribution in [0.2, 0.25) is 10.0 Å². The number of hydrogen-bond donors (Lipinski definition) is 1. The van der Waals surface area contributed by atoms with Crippen LogP contribution >= 0.6 is 23.2 Å². The zero-order valence-electron chi connectivity index (χ0n) is 18.7. The van der Waals surface area contributed by atoms with Gasteiger partial charge in [0.25, 0.3) is 11.5 Å². The number of hydrogen-bond acceptors (Lipinski definition) is 5. The van der Waals surface area contributed by atoms with Crippen molar-refractivity contribution in [2.45, 2.75) is 57.0 Å². The predicted octanol–water partition coefficient (Wildman–Crippen LogP) is 5.82. The van der Waals surface area contributed by atoms with E-state index in [9.17, 15) is 18.0 Å². The zero-order chi connectivity index (χ0) is 24.8. The maximum absolute atomic E-state index is 14.3. The maximum atomic E-state index is 14.3. The molecule has 0 bridgehead atoms. The highest BCUT2D eigenvalue weighted by Crippen LogP contribution is 2.49. The predicted molar refractivity (Wildman–Crippen MR) is 125 cm³/mol. The number of amides is 1. The topological polar surface area (TPSA) is 66.8 Å². The maximum Gasteiger partial charge on any atom is 0.435 e. The number of oxime groups is 1. The number of aromatic nitrogens is 1. The first-order chi connectivity index (χ1) is 16.6. The van der Waals surface area contributed by atoms with Crippen molar-refractivity contribution in [1.29, 1.82) is 0 Å². The Morgan fingerprint density at radius 1 is 1.11 bits per heavy atom. The number of carbonyl (C=O) groups excluding carboxylic acids is 1. The van der Waals surface area contributed by atoms with Gasteiger partial charge in [-0.3, -0.25) is 9.78 Å². The van der Waals surface area contributed by atoms with E-state index >= 15 is 0 Å². The van der Waals surface area contributed by atoms with Crippen molar-refractivity contribution in [1.82, 2.24) is 15.2 Å². The van der Waals surface area contributed by atoms with Gasteiger partial charge in [-0.2, -0.15) is 13.2 Å². The Morgan fingerprint density at radius 2 is 1.80 bits per heavy atom. The molecule has 0 spiro atoms. The molecule has 1 amide bonds. The summed E-state index contributed by atoms with van der Waals surface area (Å²) in [7, 11) is 0.